The second-order valence-electron chi connectivity index (χ2n) is 4.15. The largest absolute Gasteiger partial charge is 0.249 e. The van der Waals surface area contributed by atoms with Gasteiger partial charge in [0.25, 0.3) is 0 Å². The van der Waals surface area contributed by atoms with Crippen LogP contribution >= 0.6 is 11.9 Å². The van der Waals surface area contributed by atoms with Gasteiger partial charge >= 0.3 is 0 Å². The molecule has 0 aromatic rings. The van der Waals surface area contributed by atoms with Crippen molar-refractivity contribution in [3.63, 3.8) is 0 Å². The van der Waals surface area contributed by atoms with E-state index in [0.717, 1.165) is 25.3 Å². The lowest BCUT2D eigenvalue weighted by Crippen LogP contribution is -2.52. The number of hydrogen-bond donors (Lipinski definition) is 0. The molecule has 0 atom stereocenters. The SMILES string of the molecule is CCCCC1(CC#N)CN(SCC)C1. The lowest BCUT2D eigenvalue weighted by atomic mass is 9.75. The molecule has 0 N–H and O–H groups in total. The highest BCUT2D eigenvalue weighted by atomic mass is 32.2. The quantitative estimate of drug-likeness (QED) is 0.633. The van der Waals surface area contributed by atoms with Crippen LogP contribution in [0.25, 0.3) is 0 Å². The van der Waals surface area contributed by atoms with E-state index in [9.17, 15) is 0 Å². The van der Waals surface area contributed by atoms with Crippen LogP contribution in [0.15, 0.2) is 0 Å². The van der Waals surface area contributed by atoms with E-state index in [4.69, 9.17) is 5.26 Å². The maximum atomic E-state index is 8.81. The molecular weight excluding hydrogens is 192 g/mol. The Bertz CT molecular complexity index is 204. The predicted molar refractivity (Wildman–Crippen MR) is 61.9 cm³/mol. The van der Waals surface area contributed by atoms with Gasteiger partial charge < -0.3 is 0 Å². The van der Waals surface area contributed by atoms with Crippen molar-refractivity contribution in [1.82, 2.24) is 4.31 Å². The third kappa shape index (κ3) is 2.90. The van der Waals surface area contributed by atoms with E-state index in [0.29, 0.717) is 5.41 Å². The van der Waals surface area contributed by atoms with Gasteiger partial charge in [0.15, 0.2) is 0 Å². The van der Waals surface area contributed by atoms with Crippen LogP contribution in [0.3, 0.4) is 0 Å². The average Bonchev–Trinajstić information content (AvgIpc) is 2.12. The van der Waals surface area contributed by atoms with Gasteiger partial charge in [0, 0.05) is 30.7 Å². The minimum absolute atomic E-state index is 0.340. The van der Waals surface area contributed by atoms with Crippen LogP contribution < -0.4 is 0 Å². The lowest BCUT2D eigenvalue weighted by Gasteiger charge is -2.48. The Hall–Kier alpha value is -0.200. The number of nitriles is 1. The molecule has 0 bridgehead atoms. The third-order valence-corrected chi connectivity index (χ3v) is 3.73. The maximum absolute atomic E-state index is 8.81. The summed E-state index contributed by atoms with van der Waals surface area (Å²) in [5, 5.41) is 8.81. The first kappa shape index (κ1) is 11.9. The highest BCUT2D eigenvalue weighted by Crippen LogP contribution is 2.41. The molecule has 0 aromatic heterocycles. The summed E-state index contributed by atoms with van der Waals surface area (Å²) in [6.07, 6.45) is 4.49. The molecule has 0 radical (unpaired) electrons. The molecular formula is C11H20N2S. The van der Waals surface area contributed by atoms with E-state index >= 15 is 0 Å². The summed E-state index contributed by atoms with van der Waals surface area (Å²) in [7, 11) is 0. The molecule has 1 fully saturated rings. The van der Waals surface area contributed by atoms with Crippen molar-refractivity contribution in [3.8, 4) is 6.07 Å². The maximum Gasteiger partial charge on any atom is 0.0628 e. The first-order chi connectivity index (χ1) is 6.76. The minimum Gasteiger partial charge on any atom is -0.249 e. The van der Waals surface area contributed by atoms with Crippen molar-refractivity contribution in [2.45, 2.75) is 39.5 Å². The molecule has 14 heavy (non-hydrogen) atoms. The topological polar surface area (TPSA) is 27.0 Å². The zero-order chi connectivity index (χ0) is 10.4. The van der Waals surface area contributed by atoms with Crippen molar-refractivity contribution in [2.24, 2.45) is 5.41 Å². The average molecular weight is 212 g/mol. The van der Waals surface area contributed by atoms with Gasteiger partial charge in [-0.1, -0.05) is 38.6 Å². The molecule has 1 aliphatic heterocycles. The van der Waals surface area contributed by atoms with E-state index in [1.807, 2.05) is 11.9 Å². The van der Waals surface area contributed by atoms with Crippen LogP contribution in [0, 0.1) is 16.7 Å². The fourth-order valence-electron chi connectivity index (χ4n) is 2.05. The van der Waals surface area contributed by atoms with Crippen LogP contribution in [0.4, 0.5) is 0 Å². The first-order valence-corrected chi connectivity index (χ1v) is 6.45. The Balaban J connectivity index is 2.33. The molecule has 1 heterocycles. The van der Waals surface area contributed by atoms with Gasteiger partial charge in [-0.2, -0.15) is 5.26 Å². The summed E-state index contributed by atoms with van der Waals surface area (Å²) < 4.78 is 2.40. The van der Waals surface area contributed by atoms with Crippen molar-refractivity contribution in [3.05, 3.63) is 0 Å². The molecule has 0 aliphatic carbocycles. The van der Waals surface area contributed by atoms with Crippen molar-refractivity contribution >= 4 is 11.9 Å². The zero-order valence-corrected chi connectivity index (χ0v) is 10.1. The molecule has 0 saturated carbocycles. The van der Waals surface area contributed by atoms with E-state index in [-0.39, 0.29) is 0 Å². The fraction of sp³-hybridized carbons (Fsp3) is 0.909. The second-order valence-corrected chi connectivity index (χ2v) is 5.51. The molecule has 0 aromatic carbocycles. The van der Waals surface area contributed by atoms with E-state index in [2.05, 4.69) is 24.2 Å². The molecule has 2 nitrogen and oxygen atoms in total. The Morgan fingerprint density at radius 2 is 2.14 bits per heavy atom. The number of nitrogens with zero attached hydrogens (tertiary/aromatic N) is 2. The molecule has 1 rings (SSSR count). The molecule has 1 aliphatic rings. The summed E-state index contributed by atoms with van der Waals surface area (Å²) in [5.74, 6) is 1.15. The number of unbranched alkanes of at least 4 members (excludes halogenated alkanes) is 1. The Morgan fingerprint density at radius 3 is 2.64 bits per heavy atom. The second kappa shape index (κ2) is 5.63. The van der Waals surface area contributed by atoms with E-state index < -0.39 is 0 Å². The van der Waals surface area contributed by atoms with Gasteiger partial charge in [-0.3, -0.25) is 0 Å². The van der Waals surface area contributed by atoms with Crippen LogP contribution in [0.2, 0.25) is 0 Å². The van der Waals surface area contributed by atoms with Gasteiger partial charge in [0.05, 0.1) is 6.07 Å². The van der Waals surface area contributed by atoms with Gasteiger partial charge in [0.1, 0.15) is 0 Å². The predicted octanol–water partition coefficient (Wildman–Crippen LogP) is 3.06. The molecule has 0 spiro atoms. The van der Waals surface area contributed by atoms with Gasteiger partial charge in [-0.25, -0.2) is 4.31 Å². The third-order valence-electron chi connectivity index (χ3n) is 2.85. The van der Waals surface area contributed by atoms with Gasteiger partial charge in [0.2, 0.25) is 0 Å². The Kier molecular flexibility index (Phi) is 4.77. The normalized spacial score (nSPS) is 20.1. The van der Waals surface area contributed by atoms with Gasteiger partial charge in [-0.15, -0.1) is 0 Å². The molecule has 0 amide bonds. The highest BCUT2D eigenvalue weighted by Gasteiger charge is 2.42. The van der Waals surface area contributed by atoms with Crippen LogP contribution in [0.1, 0.15) is 39.5 Å². The summed E-state index contributed by atoms with van der Waals surface area (Å²) in [5.41, 5.74) is 0.340. The van der Waals surface area contributed by atoms with Crippen molar-refractivity contribution < 1.29 is 0 Å². The first-order valence-electron chi connectivity index (χ1n) is 5.51. The minimum atomic E-state index is 0.340. The number of rotatable bonds is 6. The summed E-state index contributed by atoms with van der Waals surface area (Å²) in [6.45, 7) is 6.65. The van der Waals surface area contributed by atoms with Crippen LogP contribution in [-0.2, 0) is 0 Å². The monoisotopic (exact) mass is 212 g/mol. The van der Waals surface area contributed by atoms with Crippen molar-refractivity contribution in [1.29, 1.82) is 5.26 Å². The standard InChI is InChI=1S/C11H20N2S/c1-3-5-6-11(7-8-12)9-13(10-11)14-4-2/h3-7,9-10H2,1-2H3. The Labute approximate surface area is 91.8 Å². The molecule has 1 saturated heterocycles. The van der Waals surface area contributed by atoms with Crippen molar-refractivity contribution in [2.75, 3.05) is 18.8 Å². The molecule has 80 valence electrons. The van der Waals surface area contributed by atoms with E-state index in [1.165, 1.54) is 19.3 Å². The van der Waals surface area contributed by atoms with E-state index in [1.54, 1.807) is 0 Å². The molecule has 3 heteroatoms. The fourth-order valence-corrected chi connectivity index (χ4v) is 3.15. The molecule has 0 unspecified atom stereocenters. The van der Waals surface area contributed by atoms with Gasteiger partial charge in [-0.05, 0) is 6.42 Å². The lowest BCUT2D eigenvalue weighted by molar-refractivity contribution is 0.0722. The summed E-state index contributed by atoms with van der Waals surface area (Å²) in [4.78, 5) is 0. The highest BCUT2D eigenvalue weighted by molar-refractivity contribution is 7.97. The zero-order valence-electron chi connectivity index (χ0n) is 9.25. The van der Waals surface area contributed by atoms with Crippen LogP contribution in [0.5, 0.6) is 0 Å². The Morgan fingerprint density at radius 1 is 1.43 bits per heavy atom. The summed E-state index contributed by atoms with van der Waals surface area (Å²) in [6, 6.07) is 2.35. The van der Waals surface area contributed by atoms with Crippen LogP contribution in [-0.4, -0.2) is 23.1 Å². The number of hydrogen-bond acceptors (Lipinski definition) is 3. The smallest absolute Gasteiger partial charge is 0.0628 e. The summed E-state index contributed by atoms with van der Waals surface area (Å²) >= 11 is 1.90.